The maximum Gasteiger partial charge on any atom is 0.231 e. The van der Waals surface area contributed by atoms with Gasteiger partial charge >= 0.3 is 0 Å². The lowest BCUT2D eigenvalue weighted by molar-refractivity contribution is 0.0251. The monoisotopic (exact) mass is 251 g/mol. The average Bonchev–Trinajstić information content (AvgIpc) is 2.86. The Bertz CT molecular complexity index is 429. The van der Waals surface area contributed by atoms with Crippen LogP contribution in [0.5, 0.6) is 17.2 Å². The van der Waals surface area contributed by atoms with E-state index in [1.54, 1.807) is 0 Å². The van der Waals surface area contributed by atoms with Crippen molar-refractivity contribution < 1.29 is 18.9 Å². The van der Waals surface area contributed by atoms with Crippen molar-refractivity contribution in [2.75, 3.05) is 20.0 Å². The van der Waals surface area contributed by atoms with Gasteiger partial charge in [0.2, 0.25) is 6.79 Å². The molecule has 1 aromatic rings. The van der Waals surface area contributed by atoms with E-state index in [2.05, 4.69) is 0 Å². The molecule has 3 rings (SSSR count). The first kappa shape index (κ1) is 11.6. The molecule has 0 saturated carbocycles. The van der Waals surface area contributed by atoms with Crippen LogP contribution in [-0.2, 0) is 11.3 Å². The van der Waals surface area contributed by atoms with E-state index in [9.17, 15) is 0 Å². The fraction of sp³-hybridized carbons (Fsp3) is 0.538. The van der Waals surface area contributed by atoms with Crippen molar-refractivity contribution in [1.29, 1.82) is 0 Å². The fourth-order valence-electron chi connectivity index (χ4n) is 2.21. The van der Waals surface area contributed by atoms with Gasteiger partial charge in [0.15, 0.2) is 11.5 Å². The van der Waals surface area contributed by atoms with Crippen molar-refractivity contribution >= 4 is 0 Å². The first-order valence-corrected chi connectivity index (χ1v) is 6.24. The molecule has 18 heavy (non-hydrogen) atoms. The van der Waals surface area contributed by atoms with E-state index in [1.165, 1.54) is 0 Å². The summed E-state index contributed by atoms with van der Waals surface area (Å²) in [5.41, 5.74) is 6.70. The van der Waals surface area contributed by atoms with Crippen molar-refractivity contribution in [2.45, 2.75) is 25.5 Å². The topological polar surface area (TPSA) is 62.9 Å². The van der Waals surface area contributed by atoms with Gasteiger partial charge in [0.1, 0.15) is 11.9 Å². The summed E-state index contributed by atoms with van der Waals surface area (Å²) >= 11 is 0. The molecule has 1 aromatic carbocycles. The summed E-state index contributed by atoms with van der Waals surface area (Å²) in [6.07, 6.45) is 2.03. The molecule has 0 bridgehead atoms. The van der Waals surface area contributed by atoms with E-state index in [-0.39, 0.29) is 12.9 Å². The van der Waals surface area contributed by atoms with Crippen LogP contribution in [0.3, 0.4) is 0 Å². The summed E-state index contributed by atoms with van der Waals surface area (Å²) in [5.74, 6) is 2.28. The standard InChI is InChI=1S/C13H17NO4/c14-7-9-5-12-13(17-8-16-12)6-11(9)18-10-1-3-15-4-2-10/h5-6,10H,1-4,7-8,14H2. The molecule has 2 aliphatic rings. The minimum atomic E-state index is 0.199. The molecule has 2 N–H and O–H groups in total. The fourth-order valence-corrected chi connectivity index (χ4v) is 2.21. The molecule has 2 heterocycles. The quantitative estimate of drug-likeness (QED) is 0.880. The van der Waals surface area contributed by atoms with E-state index in [1.807, 2.05) is 12.1 Å². The molecule has 0 aromatic heterocycles. The van der Waals surface area contributed by atoms with Crippen LogP contribution in [0.15, 0.2) is 12.1 Å². The highest BCUT2D eigenvalue weighted by Crippen LogP contribution is 2.38. The van der Waals surface area contributed by atoms with Crippen molar-refractivity contribution in [3.05, 3.63) is 17.7 Å². The first-order valence-electron chi connectivity index (χ1n) is 6.24. The van der Waals surface area contributed by atoms with Crippen LogP contribution in [0.1, 0.15) is 18.4 Å². The SMILES string of the molecule is NCc1cc2c(cc1OC1CCOCC1)OCO2. The van der Waals surface area contributed by atoms with Crippen molar-refractivity contribution in [3.8, 4) is 17.2 Å². The third-order valence-electron chi connectivity index (χ3n) is 3.24. The molecule has 98 valence electrons. The number of nitrogens with two attached hydrogens (primary N) is 1. The van der Waals surface area contributed by atoms with Gasteiger partial charge in [-0.1, -0.05) is 0 Å². The lowest BCUT2D eigenvalue weighted by Gasteiger charge is -2.24. The summed E-state index contributed by atoms with van der Waals surface area (Å²) in [6.45, 7) is 2.20. The molecule has 0 spiro atoms. The van der Waals surface area contributed by atoms with Crippen LogP contribution >= 0.6 is 0 Å². The highest BCUT2D eigenvalue weighted by molar-refractivity contribution is 5.51. The maximum atomic E-state index is 6.01. The molecule has 1 fully saturated rings. The molecule has 0 amide bonds. The largest absolute Gasteiger partial charge is 0.490 e. The molecule has 0 radical (unpaired) electrons. The molecule has 0 atom stereocenters. The number of hydrogen-bond acceptors (Lipinski definition) is 5. The van der Waals surface area contributed by atoms with Crippen LogP contribution in [0.2, 0.25) is 0 Å². The molecular formula is C13H17NO4. The Morgan fingerprint density at radius 1 is 1.17 bits per heavy atom. The van der Waals surface area contributed by atoms with Gasteiger partial charge < -0.3 is 24.7 Å². The predicted molar refractivity (Wildman–Crippen MR) is 64.9 cm³/mol. The molecule has 5 nitrogen and oxygen atoms in total. The Morgan fingerprint density at radius 3 is 2.61 bits per heavy atom. The Kier molecular flexibility index (Phi) is 3.25. The van der Waals surface area contributed by atoms with Crippen molar-refractivity contribution in [2.24, 2.45) is 5.73 Å². The Balaban J connectivity index is 1.81. The summed E-state index contributed by atoms with van der Waals surface area (Å²) in [6, 6.07) is 3.77. The van der Waals surface area contributed by atoms with Gasteiger partial charge in [0, 0.05) is 31.0 Å². The zero-order valence-corrected chi connectivity index (χ0v) is 10.2. The molecule has 0 aliphatic carbocycles. The second-order valence-electron chi connectivity index (χ2n) is 4.45. The minimum absolute atomic E-state index is 0.199. The molecule has 0 unspecified atom stereocenters. The maximum absolute atomic E-state index is 6.01. The average molecular weight is 251 g/mol. The second-order valence-corrected chi connectivity index (χ2v) is 4.45. The van der Waals surface area contributed by atoms with E-state index in [0.29, 0.717) is 6.54 Å². The van der Waals surface area contributed by atoms with Crippen LogP contribution in [0.25, 0.3) is 0 Å². The molecular weight excluding hydrogens is 234 g/mol. The smallest absolute Gasteiger partial charge is 0.231 e. The predicted octanol–water partition coefficient (Wildman–Crippen LogP) is 1.43. The summed E-state index contributed by atoms with van der Waals surface area (Å²) in [7, 11) is 0. The summed E-state index contributed by atoms with van der Waals surface area (Å²) in [5, 5.41) is 0. The Hall–Kier alpha value is -1.46. The van der Waals surface area contributed by atoms with Gasteiger partial charge in [-0.15, -0.1) is 0 Å². The summed E-state index contributed by atoms with van der Waals surface area (Å²) in [4.78, 5) is 0. The third-order valence-corrected chi connectivity index (χ3v) is 3.24. The molecule has 1 saturated heterocycles. The lowest BCUT2D eigenvalue weighted by atomic mass is 10.1. The highest BCUT2D eigenvalue weighted by Gasteiger charge is 2.21. The van der Waals surface area contributed by atoms with Crippen LogP contribution < -0.4 is 19.9 Å². The zero-order valence-electron chi connectivity index (χ0n) is 10.2. The van der Waals surface area contributed by atoms with E-state index in [0.717, 1.165) is 48.9 Å². The van der Waals surface area contributed by atoms with Gasteiger partial charge in [-0.25, -0.2) is 0 Å². The van der Waals surface area contributed by atoms with Gasteiger partial charge in [-0.2, -0.15) is 0 Å². The van der Waals surface area contributed by atoms with Crippen molar-refractivity contribution in [3.63, 3.8) is 0 Å². The first-order chi connectivity index (χ1) is 8.86. The number of fused-ring (bicyclic) bond motifs is 1. The van der Waals surface area contributed by atoms with E-state index in [4.69, 9.17) is 24.7 Å². The van der Waals surface area contributed by atoms with E-state index < -0.39 is 0 Å². The number of hydrogen-bond donors (Lipinski definition) is 1. The Labute approximate surface area is 106 Å². The second kappa shape index (κ2) is 5.04. The zero-order chi connectivity index (χ0) is 12.4. The number of ether oxygens (including phenoxy) is 4. The number of rotatable bonds is 3. The van der Waals surface area contributed by atoms with Crippen molar-refractivity contribution in [1.82, 2.24) is 0 Å². The highest BCUT2D eigenvalue weighted by atomic mass is 16.7. The number of benzene rings is 1. The summed E-state index contributed by atoms with van der Waals surface area (Å²) < 4.78 is 22.0. The van der Waals surface area contributed by atoms with Crippen LogP contribution in [0, 0.1) is 0 Å². The normalized spacial score (nSPS) is 18.9. The van der Waals surface area contributed by atoms with Crippen LogP contribution in [-0.4, -0.2) is 26.1 Å². The van der Waals surface area contributed by atoms with Crippen LogP contribution in [0.4, 0.5) is 0 Å². The minimum Gasteiger partial charge on any atom is -0.490 e. The van der Waals surface area contributed by atoms with Gasteiger partial charge in [0.05, 0.1) is 13.2 Å². The molecule has 5 heteroatoms. The van der Waals surface area contributed by atoms with Gasteiger partial charge in [-0.05, 0) is 6.07 Å². The lowest BCUT2D eigenvalue weighted by Crippen LogP contribution is -2.26. The third kappa shape index (κ3) is 2.23. The van der Waals surface area contributed by atoms with Gasteiger partial charge in [-0.3, -0.25) is 0 Å². The van der Waals surface area contributed by atoms with E-state index >= 15 is 0 Å². The van der Waals surface area contributed by atoms with Gasteiger partial charge in [0.25, 0.3) is 0 Å². The molecule has 2 aliphatic heterocycles. The Morgan fingerprint density at radius 2 is 1.89 bits per heavy atom.